The first kappa shape index (κ1) is 21.6. The third-order valence-electron chi connectivity index (χ3n) is 5.95. The quantitative estimate of drug-likeness (QED) is 0.463. The second-order valence-corrected chi connectivity index (χ2v) is 8.56. The minimum absolute atomic E-state index is 0.137. The van der Waals surface area contributed by atoms with Crippen LogP contribution < -0.4 is 10.9 Å². The summed E-state index contributed by atoms with van der Waals surface area (Å²) in [6, 6.07) is 11.6. The highest BCUT2D eigenvalue weighted by molar-refractivity contribution is 6.33. The lowest BCUT2D eigenvalue weighted by atomic mass is 10.0. The molecule has 0 spiro atoms. The van der Waals surface area contributed by atoms with Crippen LogP contribution in [0.1, 0.15) is 18.9 Å². The van der Waals surface area contributed by atoms with Gasteiger partial charge in [-0.3, -0.25) is 14.3 Å². The van der Waals surface area contributed by atoms with Crippen molar-refractivity contribution in [1.29, 1.82) is 0 Å². The van der Waals surface area contributed by atoms with Gasteiger partial charge in [-0.2, -0.15) is 4.98 Å². The smallest absolute Gasteiger partial charge is 0.260 e. The number of fused-ring (bicyclic) bond motifs is 1. The second-order valence-electron chi connectivity index (χ2n) is 8.15. The summed E-state index contributed by atoms with van der Waals surface area (Å²) in [5, 5.41) is 4.57. The lowest BCUT2D eigenvalue weighted by Gasteiger charge is -2.15. The van der Waals surface area contributed by atoms with Crippen LogP contribution in [-0.2, 0) is 11.3 Å². The van der Waals surface area contributed by atoms with E-state index in [1.54, 1.807) is 17.0 Å². The van der Waals surface area contributed by atoms with E-state index < -0.39 is 0 Å². The summed E-state index contributed by atoms with van der Waals surface area (Å²) < 4.78 is 7.07. The van der Waals surface area contributed by atoms with Gasteiger partial charge in [0.25, 0.3) is 5.56 Å². The topological polar surface area (TPSA) is 81.9 Å². The van der Waals surface area contributed by atoms with Gasteiger partial charge in [-0.25, -0.2) is 4.98 Å². The average Bonchev–Trinajstić information content (AvgIpc) is 3.32. The van der Waals surface area contributed by atoms with Crippen molar-refractivity contribution in [3.05, 3.63) is 69.7 Å². The molecule has 1 saturated heterocycles. The Hall–Kier alpha value is -3.29. The number of benzene rings is 1. The number of nitrogens with zero attached hydrogens (tertiary/aromatic N) is 4. The van der Waals surface area contributed by atoms with E-state index in [1.165, 1.54) is 0 Å². The fourth-order valence-electron chi connectivity index (χ4n) is 4.21. The van der Waals surface area contributed by atoms with Gasteiger partial charge in [-0.15, -0.1) is 0 Å². The summed E-state index contributed by atoms with van der Waals surface area (Å²) in [4.78, 5) is 27.0. The van der Waals surface area contributed by atoms with Crippen LogP contribution in [0.25, 0.3) is 33.4 Å². The average molecular weight is 462 g/mol. The molecule has 33 heavy (non-hydrogen) atoms. The van der Waals surface area contributed by atoms with Gasteiger partial charge in [0.15, 0.2) is 0 Å². The van der Waals surface area contributed by atoms with E-state index >= 15 is 0 Å². The third-order valence-corrected chi connectivity index (χ3v) is 6.26. The fraction of sp³-hybridized carbons (Fsp3) is 0.280. The number of rotatable bonds is 5. The van der Waals surface area contributed by atoms with E-state index in [9.17, 15) is 4.79 Å². The minimum atomic E-state index is -0.137. The molecule has 168 valence electrons. The van der Waals surface area contributed by atoms with E-state index in [1.807, 2.05) is 50.2 Å². The number of aromatic nitrogens is 4. The lowest BCUT2D eigenvalue weighted by molar-refractivity contribution is 0.195. The third kappa shape index (κ3) is 4.10. The minimum Gasteiger partial charge on any atom is -0.379 e. The first-order valence-electron chi connectivity index (χ1n) is 11.0. The number of anilines is 1. The molecule has 1 fully saturated rings. The van der Waals surface area contributed by atoms with Crippen LogP contribution >= 0.6 is 11.6 Å². The molecule has 0 radical (unpaired) electrons. The normalized spacial score (nSPS) is 15.8. The van der Waals surface area contributed by atoms with E-state index in [0.29, 0.717) is 40.9 Å². The highest BCUT2D eigenvalue weighted by atomic mass is 35.5. The molecule has 1 unspecified atom stereocenters. The summed E-state index contributed by atoms with van der Waals surface area (Å²) >= 11 is 6.68. The Balaban J connectivity index is 1.57. The molecule has 4 aromatic rings. The summed E-state index contributed by atoms with van der Waals surface area (Å²) in [5.41, 5.74) is 4.50. The number of aryl methyl sites for hydroxylation is 2. The van der Waals surface area contributed by atoms with Crippen LogP contribution in [-0.4, -0.2) is 38.8 Å². The molecule has 0 saturated carbocycles. The van der Waals surface area contributed by atoms with Gasteiger partial charge >= 0.3 is 0 Å². The van der Waals surface area contributed by atoms with Crippen molar-refractivity contribution < 1.29 is 4.74 Å². The fourth-order valence-corrected chi connectivity index (χ4v) is 4.50. The highest BCUT2D eigenvalue weighted by Crippen LogP contribution is 2.32. The zero-order valence-electron chi connectivity index (χ0n) is 18.5. The lowest BCUT2D eigenvalue weighted by Crippen LogP contribution is -2.24. The Morgan fingerprint density at radius 2 is 2.09 bits per heavy atom. The van der Waals surface area contributed by atoms with Gasteiger partial charge in [-0.05, 0) is 44.0 Å². The Labute approximate surface area is 196 Å². The summed E-state index contributed by atoms with van der Waals surface area (Å²) in [7, 11) is 0. The van der Waals surface area contributed by atoms with Gasteiger partial charge in [0.2, 0.25) is 5.95 Å². The zero-order valence-corrected chi connectivity index (χ0v) is 19.3. The molecule has 1 aliphatic heterocycles. The molecule has 1 atom stereocenters. The molecule has 0 aliphatic carbocycles. The van der Waals surface area contributed by atoms with Crippen molar-refractivity contribution in [2.45, 2.75) is 32.9 Å². The molecule has 4 heterocycles. The number of nitrogens with one attached hydrogen (secondary N) is 1. The van der Waals surface area contributed by atoms with Gasteiger partial charge in [0, 0.05) is 52.6 Å². The number of hydrogen-bond donors (Lipinski definition) is 1. The number of ether oxygens (including phenoxy) is 1. The van der Waals surface area contributed by atoms with Crippen LogP contribution in [0, 0.1) is 6.92 Å². The first-order chi connectivity index (χ1) is 16.0. The summed E-state index contributed by atoms with van der Waals surface area (Å²) in [6.07, 6.45) is 4.42. The largest absolute Gasteiger partial charge is 0.379 e. The van der Waals surface area contributed by atoms with Crippen LogP contribution in [0.5, 0.6) is 0 Å². The van der Waals surface area contributed by atoms with Crippen LogP contribution in [0.15, 0.2) is 53.6 Å². The SMILES string of the molecule is CCn1c(=O)c(-c2ccc(-c3ncccc3C)cc2Cl)cc2cnc(NC3CCOC3)nc21. The molecule has 1 aromatic carbocycles. The van der Waals surface area contributed by atoms with E-state index in [4.69, 9.17) is 16.3 Å². The van der Waals surface area contributed by atoms with Gasteiger partial charge in [0.1, 0.15) is 5.65 Å². The molecule has 8 heteroatoms. The monoisotopic (exact) mass is 461 g/mol. The number of hydrogen-bond acceptors (Lipinski definition) is 6. The predicted octanol–water partition coefficient (Wildman–Crippen LogP) is 4.70. The molecule has 1 N–H and O–H groups in total. The van der Waals surface area contributed by atoms with Crippen molar-refractivity contribution in [2.24, 2.45) is 0 Å². The standard InChI is InChI=1S/C25H24ClN5O2/c1-3-31-23-17(13-28-25(30-23)29-18-8-10-33-14-18)11-20(24(31)32)19-7-6-16(12-21(19)26)22-15(2)5-4-9-27-22/h4-7,9,11-13,18H,3,8,10,14H2,1-2H3,(H,28,29,30). The first-order valence-corrected chi connectivity index (χ1v) is 11.4. The van der Waals surface area contributed by atoms with Gasteiger partial charge < -0.3 is 10.1 Å². The Morgan fingerprint density at radius 3 is 2.82 bits per heavy atom. The van der Waals surface area contributed by atoms with Crippen LogP contribution in [0.3, 0.4) is 0 Å². The molecule has 1 aliphatic rings. The Bertz CT molecular complexity index is 1400. The van der Waals surface area contributed by atoms with Gasteiger partial charge in [-0.1, -0.05) is 29.8 Å². The maximum Gasteiger partial charge on any atom is 0.260 e. The van der Waals surface area contributed by atoms with Gasteiger partial charge in [0.05, 0.1) is 18.3 Å². The molecular formula is C25H24ClN5O2. The Kier molecular flexibility index (Phi) is 5.83. The molecule has 0 bridgehead atoms. The van der Waals surface area contributed by atoms with Crippen LogP contribution in [0.2, 0.25) is 5.02 Å². The number of pyridine rings is 2. The van der Waals surface area contributed by atoms with Crippen LogP contribution in [0.4, 0.5) is 5.95 Å². The zero-order chi connectivity index (χ0) is 22.9. The summed E-state index contributed by atoms with van der Waals surface area (Å²) in [5.74, 6) is 0.500. The van der Waals surface area contributed by atoms with E-state index in [0.717, 1.165) is 35.2 Å². The Morgan fingerprint density at radius 1 is 1.21 bits per heavy atom. The maximum atomic E-state index is 13.4. The summed E-state index contributed by atoms with van der Waals surface area (Å²) in [6.45, 7) is 5.78. The molecule has 0 amide bonds. The second kappa shape index (κ2) is 8.92. The molecule has 3 aromatic heterocycles. The molecule has 7 nitrogen and oxygen atoms in total. The maximum absolute atomic E-state index is 13.4. The molecule has 5 rings (SSSR count). The van der Waals surface area contributed by atoms with E-state index in [-0.39, 0.29) is 11.6 Å². The van der Waals surface area contributed by atoms with Crippen molar-refractivity contribution in [2.75, 3.05) is 18.5 Å². The van der Waals surface area contributed by atoms with Crippen molar-refractivity contribution in [3.63, 3.8) is 0 Å². The highest BCUT2D eigenvalue weighted by Gasteiger charge is 2.19. The number of halogens is 1. The molecular weight excluding hydrogens is 438 g/mol. The van der Waals surface area contributed by atoms with Crippen molar-refractivity contribution >= 4 is 28.6 Å². The van der Waals surface area contributed by atoms with Crippen molar-refractivity contribution in [3.8, 4) is 22.4 Å². The van der Waals surface area contributed by atoms with E-state index in [2.05, 4.69) is 20.3 Å². The van der Waals surface area contributed by atoms with Crippen molar-refractivity contribution in [1.82, 2.24) is 19.5 Å². The predicted molar refractivity (Wildman–Crippen MR) is 131 cm³/mol.